The van der Waals surface area contributed by atoms with E-state index in [9.17, 15) is 9.59 Å². The Bertz CT molecular complexity index is 257. The number of nitrogens with one attached hydrogen (secondary N) is 2. The lowest BCUT2D eigenvalue weighted by Gasteiger charge is -2.13. The van der Waals surface area contributed by atoms with Crippen molar-refractivity contribution >= 4 is 27.9 Å². The summed E-state index contributed by atoms with van der Waals surface area (Å²) in [7, 11) is 0. The third-order valence-electron chi connectivity index (χ3n) is 1.46. The van der Waals surface area contributed by atoms with Crippen LogP contribution in [0.15, 0.2) is 11.1 Å². The van der Waals surface area contributed by atoms with Gasteiger partial charge in [0.2, 0.25) is 0 Å². The van der Waals surface area contributed by atoms with Gasteiger partial charge in [-0.05, 0) is 0 Å². The molecule has 6 nitrogen and oxygen atoms in total. The van der Waals surface area contributed by atoms with E-state index < -0.39 is 18.0 Å². The monoisotopic (exact) mass is 280 g/mol. The molecular weight excluding hydrogens is 268 g/mol. The lowest BCUT2D eigenvalue weighted by Crippen LogP contribution is -2.46. The second-order valence-corrected chi connectivity index (χ2v) is 3.87. The molecule has 0 radical (unpaired) electrons. The average molecular weight is 281 g/mol. The van der Waals surface area contributed by atoms with Crippen LogP contribution < -0.4 is 10.6 Å². The van der Waals surface area contributed by atoms with Gasteiger partial charge >= 0.3 is 12.0 Å². The third kappa shape index (κ3) is 6.92. The first-order chi connectivity index (χ1) is 6.97. The molecule has 0 saturated heterocycles. The molecule has 0 fully saturated rings. The van der Waals surface area contributed by atoms with E-state index in [0.717, 1.165) is 0 Å². The van der Waals surface area contributed by atoms with Crippen LogP contribution in [-0.4, -0.2) is 41.4 Å². The van der Waals surface area contributed by atoms with Gasteiger partial charge in [0.25, 0.3) is 0 Å². The number of carbonyl (C=O) groups excluding carboxylic acids is 1. The third-order valence-corrected chi connectivity index (χ3v) is 1.74. The molecule has 0 aromatic rings. The molecule has 0 aliphatic carbocycles. The number of hydrogen-bond acceptors (Lipinski definition) is 3. The predicted octanol–water partition coefficient (Wildman–Crippen LogP) is 0.0298. The lowest BCUT2D eigenvalue weighted by molar-refractivity contribution is -0.139. The van der Waals surface area contributed by atoms with Crippen molar-refractivity contribution in [3.8, 4) is 0 Å². The zero-order chi connectivity index (χ0) is 11.8. The van der Waals surface area contributed by atoms with Crippen molar-refractivity contribution in [2.45, 2.75) is 12.5 Å². The number of carbonyl (C=O) groups is 2. The standard InChI is InChI=1S/C8H13BrN2O4/c1-5(9)4-10-8(15)11-6(2-3-12)7(13)14/h6,12H,1-4H2,(H,13,14)(H2,10,11,15). The Balaban J connectivity index is 3.99. The first-order valence-electron chi connectivity index (χ1n) is 4.18. The molecule has 1 atom stereocenters. The Labute approximate surface area is 95.5 Å². The van der Waals surface area contributed by atoms with Crippen LogP contribution in [0, 0.1) is 0 Å². The van der Waals surface area contributed by atoms with E-state index >= 15 is 0 Å². The van der Waals surface area contributed by atoms with Crippen molar-refractivity contribution in [3.63, 3.8) is 0 Å². The fourth-order valence-electron chi connectivity index (χ4n) is 0.772. The largest absolute Gasteiger partial charge is 0.480 e. The van der Waals surface area contributed by atoms with Crippen LogP contribution in [-0.2, 0) is 4.79 Å². The van der Waals surface area contributed by atoms with Crippen molar-refractivity contribution in [2.75, 3.05) is 13.2 Å². The Morgan fingerprint density at radius 2 is 2.07 bits per heavy atom. The average Bonchev–Trinajstić information content (AvgIpc) is 2.14. The molecule has 0 aromatic heterocycles. The number of carboxylic acids is 1. The summed E-state index contributed by atoms with van der Waals surface area (Å²) < 4.78 is 0.576. The molecule has 7 heteroatoms. The van der Waals surface area contributed by atoms with Gasteiger partial charge < -0.3 is 20.8 Å². The van der Waals surface area contributed by atoms with E-state index in [1.807, 2.05) is 0 Å². The Morgan fingerprint density at radius 1 is 1.47 bits per heavy atom. The lowest BCUT2D eigenvalue weighted by atomic mass is 10.2. The Hall–Kier alpha value is -1.08. The Kier molecular flexibility index (Phi) is 6.72. The van der Waals surface area contributed by atoms with Crippen molar-refractivity contribution in [3.05, 3.63) is 11.1 Å². The summed E-state index contributed by atoms with van der Waals surface area (Å²) in [6, 6.07) is -1.70. The predicted molar refractivity (Wildman–Crippen MR) is 57.7 cm³/mol. The van der Waals surface area contributed by atoms with Crippen LogP contribution in [0.3, 0.4) is 0 Å². The number of hydrogen-bond donors (Lipinski definition) is 4. The van der Waals surface area contributed by atoms with Crippen LogP contribution in [0.4, 0.5) is 4.79 Å². The number of amides is 2. The molecule has 0 aliphatic heterocycles. The summed E-state index contributed by atoms with van der Waals surface area (Å²) in [6.07, 6.45) is -0.0297. The van der Waals surface area contributed by atoms with E-state index in [0.29, 0.717) is 4.48 Å². The zero-order valence-corrected chi connectivity index (χ0v) is 9.58. The molecule has 0 aliphatic rings. The molecule has 0 heterocycles. The summed E-state index contributed by atoms with van der Waals surface area (Å²) in [6.45, 7) is 3.40. The van der Waals surface area contributed by atoms with Crippen LogP contribution in [0.25, 0.3) is 0 Å². The van der Waals surface area contributed by atoms with E-state index in [4.69, 9.17) is 10.2 Å². The highest BCUT2D eigenvalue weighted by molar-refractivity contribution is 9.11. The van der Waals surface area contributed by atoms with Gasteiger partial charge in [0, 0.05) is 17.5 Å². The highest BCUT2D eigenvalue weighted by Gasteiger charge is 2.18. The number of carboxylic acid groups (broad SMARTS) is 1. The normalized spacial score (nSPS) is 11.6. The maximum Gasteiger partial charge on any atom is 0.326 e. The SMILES string of the molecule is C=C(Br)CNC(=O)NC(CCO)C(=O)O. The number of halogens is 1. The molecule has 86 valence electrons. The van der Waals surface area contributed by atoms with Gasteiger partial charge in [-0.1, -0.05) is 22.5 Å². The fourth-order valence-corrected chi connectivity index (χ4v) is 0.912. The summed E-state index contributed by atoms with van der Waals surface area (Å²) in [5.74, 6) is -1.18. The highest BCUT2D eigenvalue weighted by atomic mass is 79.9. The quantitative estimate of drug-likeness (QED) is 0.552. The highest BCUT2D eigenvalue weighted by Crippen LogP contribution is 1.97. The van der Waals surface area contributed by atoms with Crippen LogP contribution in [0.2, 0.25) is 0 Å². The van der Waals surface area contributed by atoms with Gasteiger partial charge in [-0.2, -0.15) is 0 Å². The summed E-state index contributed by atoms with van der Waals surface area (Å²) in [4.78, 5) is 21.7. The first kappa shape index (κ1) is 13.9. The maximum absolute atomic E-state index is 11.1. The molecule has 2 amide bonds. The first-order valence-corrected chi connectivity index (χ1v) is 4.98. The second-order valence-electron chi connectivity index (χ2n) is 2.75. The number of aliphatic hydroxyl groups is 1. The van der Waals surface area contributed by atoms with E-state index in [1.54, 1.807) is 0 Å². The Morgan fingerprint density at radius 3 is 2.47 bits per heavy atom. The topological polar surface area (TPSA) is 98.7 Å². The van der Waals surface area contributed by atoms with Gasteiger partial charge in [0.15, 0.2) is 0 Å². The minimum Gasteiger partial charge on any atom is -0.480 e. The van der Waals surface area contributed by atoms with Gasteiger partial charge in [0.05, 0.1) is 6.54 Å². The smallest absolute Gasteiger partial charge is 0.326 e. The number of aliphatic hydroxyl groups excluding tert-OH is 1. The van der Waals surface area contributed by atoms with Crippen molar-refractivity contribution in [1.82, 2.24) is 10.6 Å². The minimum absolute atomic E-state index is 0.0297. The summed E-state index contributed by atoms with van der Waals surface area (Å²) in [5.41, 5.74) is 0. The molecule has 0 bridgehead atoms. The molecular formula is C8H13BrN2O4. The maximum atomic E-state index is 11.1. The number of aliphatic carboxylic acids is 1. The molecule has 4 N–H and O–H groups in total. The van der Waals surface area contributed by atoms with E-state index in [2.05, 4.69) is 33.1 Å². The van der Waals surface area contributed by atoms with E-state index in [1.165, 1.54) is 0 Å². The molecule has 0 saturated carbocycles. The molecule has 0 rings (SSSR count). The second kappa shape index (κ2) is 7.24. The van der Waals surface area contributed by atoms with Crippen LogP contribution >= 0.6 is 15.9 Å². The molecule has 0 aromatic carbocycles. The molecule has 1 unspecified atom stereocenters. The minimum atomic E-state index is -1.18. The number of urea groups is 1. The molecule has 15 heavy (non-hydrogen) atoms. The fraction of sp³-hybridized carbons (Fsp3) is 0.500. The van der Waals surface area contributed by atoms with Gasteiger partial charge in [-0.15, -0.1) is 0 Å². The van der Waals surface area contributed by atoms with Gasteiger partial charge in [-0.3, -0.25) is 0 Å². The number of rotatable bonds is 6. The zero-order valence-electron chi connectivity index (χ0n) is 7.99. The van der Waals surface area contributed by atoms with Crippen molar-refractivity contribution in [1.29, 1.82) is 0 Å². The van der Waals surface area contributed by atoms with Crippen molar-refractivity contribution < 1.29 is 19.8 Å². The van der Waals surface area contributed by atoms with Gasteiger partial charge in [0.1, 0.15) is 6.04 Å². The summed E-state index contributed by atoms with van der Waals surface area (Å²) >= 11 is 3.04. The van der Waals surface area contributed by atoms with Gasteiger partial charge in [-0.25, -0.2) is 9.59 Å². The van der Waals surface area contributed by atoms with Crippen LogP contribution in [0.5, 0.6) is 0 Å². The van der Waals surface area contributed by atoms with E-state index in [-0.39, 0.29) is 19.6 Å². The molecule has 0 spiro atoms. The van der Waals surface area contributed by atoms with Crippen molar-refractivity contribution in [2.24, 2.45) is 0 Å². The van der Waals surface area contributed by atoms with Crippen LogP contribution in [0.1, 0.15) is 6.42 Å². The summed E-state index contributed by atoms with van der Waals surface area (Å²) in [5, 5.41) is 21.8.